The number of hydrogen-bond donors (Lipinski definition) is 0. The van der Waals surface area contributed by atoms with Crippen molar-refractivity contribution in [2.75, 3.05) is 0 Å². The molecule has 0 heterocycles. The molecular weight excluding hydrogens is 352 g/mol. The van der Waals surface area contributed by atoms with Gasteiger partial charge in [-0.1, -0.05) is 102 Å². The van der Waals surface area contributed by atoms with Crippen LogP contribution in [0.2, 0.25) is 0 Å². The first-order valence-corrected chi connectivity index (χ1v) is 12.0. The van der Waals surface area contributed by atoms with Crippen molar-refractivity contribution in [2.24, 2.45) is 0 Å². The molecule has 0 unspecified atom stereocenters. The van der Waals surface area contributed by atoms with Crippen molar-refractivity contribution >= 4 is 5.78 Å². The quantitative estimate of drug-likeness (QED) is 0.262. The van der Waals surface area contributed by atoms with Gasteiger partial charge in [-0.05, 0) is 47.6 Å². The maximum Gasteiger partial charge on any atom is 0.162 e. The van der Waals surface area contributed by atoms with E-state index in [1.165, 1.54) is 54.4 Å². The molecule has 1 aliphatic carbocycles. The molecule has 2 aromatic carbocycles. The predicted molar refractivity (Wildman–Crippen MR) is 125 cm³/mol. The van der Waals surface area contributed by atoms with Gasteiger partial charge in [-0.25, -0.2) is 0 Å². The lowest BCUT2D eigenvalue weighted by molar-refractivity contribution is 0.0979. The minimum Gasteiger partial charge on any atom is -0.294 e. The van der Waals surface area contributed by atoms with Crippen LogP contribution in [0.1, 0.15) is 113 Å². The zero-order valence-corrected chi connectivity index (χ0v) is 18.7. The Bertz CT molecular complexity index is 811. The van der Waals surface area contributed by atoms with E-state index in [4.69, 9.17) is 0 Å². The van der Waals surface area contributed by atoms with Gasteiger partial charge in [0.15, 0.2) is 5.78 Å². The Kier molecular flexibility index (Phi) is 7.70. The van der Waals surface area contributed by atoms with E-state index in [-0.39, 0.29) is 5.41 Å². The number of unbranched alkanes of at least 4 members (excludes halogenated alkanes) is 5. The number of hydrogen-bond acceptors (Lipinski definition) is 1. The van der Waals surface area contributed by atoms with E-state index >= 15 is 0 Å². The van der Waals surface area contributed by atoms with Crippen LogP contribution in [-0.2, 0) is 5.41 Å². The number of benzene rings is 2. The predicted octanol–water partition coefficient (Wildman–Crippen LogP) is 8.49. The second kappa shape index (κ2) is 10.2. The lowest BCUT2D eigenvalue weighted by Crippen LogP contribution is -2.25. The molecule has 0 saturated heterocycles. The summed E-state index contributed by atoms with van der Waals surface area (Å²) in [5, 5.41) is 0. The molecule has 1 heteroatoms. The van der Waals surface area contributed by atoms with Gasteiger partial charge < -0.3 is 0 Å². The average molecular weight is 391 g/mol. The van der Waals surface area contributed by atoms with Gasteiger partial charge in [0.25, 0.3) is 0 Å². The zero-order chi connectivity index (χ0) is 20.7. The molecule has 0 saturated carbocycles. The largest absolute Gasteiger partial charge is 0.294 e. The standard InChI is InChI=1S/C28H38O/c1-4-7-8-9-10-11-16-27(29)22-17-18-24-23-14-12-13-15-25(23)28(19-5-2,20-6-3)26(24)21-22/h12-15,17-18,21H,4-11,16,19-20H2,1-3H3. The Morgan fingerprint density at radius 2 is 1.38 bits per heavy atom. The third-order valence-electron chi connectivity index (χ3n) is 6.70. The van der Waals surface area contributed by atoms with Crippen molar-refractivity contribution in [1.82, 2.24) is 0 Å². The molecule has 0 spiro atoms. The van der Waals surface area contributed by atoms with Gasteiger partial charge in [0, 0.05) is 17.4 Å². The summed E-state index contributed by atoms with van der Waals surface area (Å²) >= 11 is 0. The molecule has 0 aromatic heterocycles. The number of carbonyl (C=O) groups excluding carboxylic acids is 1. The third kappa shape index (κ3) is 4.49. The van der Waals surface area contributed by atoms with Gasteiger partial charge in [0.1, 0.15) is 0 Å². The van der Waals surface area contributed by atoms with Gasteiger partial charge in [0.2, 0.25) is 0 Å². The minimum absolute atomic E-state index is 0.0753. The second-order valence-corrected chi connectivity index (χ2v) is 8.83. The summed E-state index contributed by atoms with van der Waals surface area (Å²) in [6.07, 6.45) is 12.7. The molecule has 0 atom stereocenters. The van der Waals surface area contributed by atoms with E-state index in [0.717, 1.165) is 37.7 Å². The van der Waals surface area contributed by atoms with E-state index in [2.05, 4.69) is 63.2 Å². The minimum atomic E-state index is 0.0753. The lowest BCUT2D eigenvalue weighted by atomic mass is 9.71. The normalized spacial score (nSPS) is 13.9. The fourth-order valence-electron chi connectivity index (χ4n) is 5.36. The van der Waals surface area contributed by atoms with Crippen LogP contribution >= 0.6 is 0 Å². The molecule has 0 radical (unpaired) electrons. The summed E-state index contributed by atoms with van der Waals surface area (Å²) in [6, 6.07) is 15.4. The molecule has 156 valence electrons. The Morgan fingerprint density at radius 1 is 0.724 bits per heavy atom. The number of fused-ring (bicyclic) bond motifs is 3. The van der Waals surface area contributed by atoms with Crippen LogP contribution in [0.3, 0.4) is 0 Å². The van der Waals surface area contributed by atoms with Gasteiger partial charge in [0.05, 0.1) is 0 Å². The van der Waals surface area contributed by atoms with Gasteiger partial charge in [-0.15, -0.1) is 0 Å². The molecule has 29 heavy (non-hydrogen) atoms. The average Bonchev–Trinajstić information content (AvgIpc) is 3.01. The van der Waals surface area contributed by atoms with Crippen LogP contribution in [0.25, 0.3) is 11.1 Å². The van der Waals surface area contributed by atoms with Crippen LogP contribution in [0.15, 0.2) is 42.5 Å². The molecule has 1 nitrogen and oxygen atoms in total. The van der Waals surface area contributed by atoms with Crippen molar-refractivity contribution in [1.29, 1.82) is 0 Å². The molecule has 3 rings (SSSR count). The smallest absolute Gasteiger partial charge is 0.162 e. The first-order valence-electron chi connectivity index (χ1n) is 12.0. The maximum atomic E-state index is 12.9. The van der Waals surface area contributed by atoms with E-state index < -0.39 is 0 Å². The monoisotopic (exact) mass is 390 g/mol. The molecule has 0 fully saturated rings. The van der Waals surface area contributed by atoms with E-state index in [1.807, 2.05) is 0 Å². The summed E-state index contributed by atoms with van der Waals surface area (Å²) in [4.78, 5) is 12.9. The second-order valence-electron chi connectivity index (χ2n) is 8.83. The molecule has 2 aromatic rings. The van der Waals surface area contributed by atoms with Crippen molar-refractivity contribution in [3.8, 4) is 11.1 Å². The van der Waals surface area contributed by atoms with Crippen LogP contribution in [0.4, 0.5) is 0 Å². The summed E-state index contributed by atoms with van der Waals surface area (Å²) in [6.45, 7) is 6.81. The van der Waals surface area contributed by atoms with Crippen molar-refractivity contribution in [2.45, 2.75) is 96.8 Å². The molecule has 0 aliphatic heterocycles. The molecule has 0 N–H and O–H groups in total. The fraction of sp³-hybridized carbons (Fsp3) is 0.536. The molecule has 1 aliphatic rings. The highest BCUT2D eigenvalue weighted by Gasteiger charge is 2.41. The SMILES string of the molecule is CCCCCCCCC(=O)c1ccc2c(c1)C(CCC)(CCC)c1ccccc1-2. The van der Waals surface area contributed by atoms with Crippen LogP contribution in [-0.4, -0.2) is 5.78 Å². The highest BCUT2D eigenvalue weighted by molar-refractivity contribution is 5.97. The Labute approximate surface area is 177 Å². The van der Waals surface area contributed by atoms with Gasteiger partial charge in [-0.3, -0.25) is 4.79 Å². The van der Waals surface area contributed by atoms with Crippen molar-refractivity contribution in [3.63, 3.8) is 0 Å². The highest BCUT2D eigenvalue weighted by Crippen LogP contribution is 2.53. The van der Waals surface area contributed by atoms with E-state index in [1.54, 1.807) is 0 Å². The van der Waals surface area contributed by atoms with E-state index in [9.17, 15) is 4.79 Å². The number of carbonyl (C=O) groups is 1. The topological polar surface area (TPSA) is 17.1 Å². The number of ketones is 1. The Balaban J connectivity index is 1.84. The molecule has 0 bridgehead atoms. The van der Waals surface area contributed by atoms with Gasteiger partial charge >= 0.3 is 0 Å². The lowest BCUT2D eigenvalue weighted by Gasteiger charge is -2.32. The summed E-state index contributed by atoms with van der Waals surface area (Å²) < 4.78 is 0. The Morgan fingerprint density at radius 3 is 2.10 bits per heavy atom. The first-order chi connectivity index (χ1) is 14.2. The van der Waals surface area contributed by atoms with Crippen LogP contribution in [0, 0.1) is 0 Å². The van der Waals surface area contributed by atoms with Gasteiger partial charge in [-0.2, -0.15) is 0 Å². The Hall–Kier alpha value is -1.89. The zero-order valence-electron chi connectivity index (χ0n) is 18.7. The molecular formula is C28H38O. The fourth-order valence-corrected chi connectivity index (χ4v) is 5.36. The highest BCUT2D eigenvalue weighted by atomic mass is 16.1. The summed E-state index contributed by atoms with van der Waals surface area (Å²) in [5.74, 6) is 0.321. The van der Waals surface area contributed by atoms with Crippen LogP contribution < -0.4 is 0 Å². The maximum absolute atomic E-state index is 12.9. The van der Waals surface area contributed by atoms with Crippen LogP contribution in [0.5, 0.6) is 0 Å². The third-order valence-corrected chi connectivity index (χ3v) is 6.70. The van der Waals surface area contributed by atoms with Crippen molar-refractivity contribution in [3.05, 3.63) is 59.2 Å². The molecule has 0 amide bonds. The summed E-state index contributed by atoms with van der Waals surface area (Å²) in [5.41, 5.74) is 6.58. The number of Topliss-reactive ketones (excluding diaryl/α,β-unsaturated/α-hetero) is 1. The first kappa shape index (κ1) is 21.8. The summed E-state index contributed by atoms with van der Waals surface area (Å²) in [7, 11) is 0. The number of rotatable bonds is 12. The van der Waals surface area contributed by atoms with Crippen molar-refractivity contribution < 1.29 is 4.79 Å². The van der Waals surface area contributed by atoms with E-state index in [0.29, 0.717) is 12.2 Å².